The zero-order valence-corrected chi connectivity index (χ0v) is 30.4. The second-order valence-corrected chi connectivity index (χ2v) is 16.8. The first-order valence-corrected chi connectivity index (χ1v) is 19.6. The second kappa shape index (κ2) is 14.9. The largest absolute Gasteiger partial charge is 0.481 e. The molecular weight excluding hydrogens is 588 g/mol. The third-order valence-electron chi connectivity index (χ3n) is 14.4. The molecular formula is C39H66N4O4. The highest BCUT2D eigenvalue weighted by molar-refractivity contribution is 5.85. The highest BCUT2D eigenvalue weighted by Gasteiger charge is 2.58. The number of hydrogen-bond donors (Lipinski definition) is 5. The molecule has 6 aliphatic rings. The van der Waals surface area contributed by atoms with Crippen LogP contribution in [0.25, 0.3) is 0 Å². The predicted octanol–water partition coefficient (Wildman–Crippen LogP) is 5.45. The molecule has 1 saturated carbocycles. The molecule has 8 nitrogen and oxygen atoms in total. The first kappa shape index (κ1) is 35.5. The predicted molar refractivity (Wildman–Crippen MR) is 187 cm³/mol. The van der Waals surface area contributed by atoms with Crippen molar-refractivity contribution in [2.24, 2.45) is 41.4 Å². The van der Waals surface area contributed by atoms with Gasteiger partial charge in [0.1, 0.15) is 5.78 Å². The number of carboxylic acids is 1. The van der Waals surface area contributed by atoms with Crippen molar-refractivity contribution in [3.8, 4) is 0 Å². The van der Waals surface area contributed by atoms with Gasteiger partial charge >= 0.3 is 5.97 Å². The lowest BCUT2D eigenvalue weighted by Crippen LogP contribution is -2.49. The van der Waals surface area contributed by atoms with E-state index >= 15 is 0 Å². The average molecular weight is 655 g/mol. The number of carbonyl (C=O) groups excluding carboxylic acids is 1. The quantitative estimate of drug-likeness (QED) is 0.148. The summed E-state index contributed by atoms with van der Waals surface area (Å²) in [5, 5.41) is 26.2. The molecule has 0 radical (unpaired) electrons. The molecule has 5 fully saturated rings. The lowest BCUT2D eigenvalue weighted by molar-refractivity contribution is -0.137. The Bertz CT molecular complexity index is 1160. The summed E-state index contributed by atoms with van der Waals surface area (Å²) in [6.07, 6.45) is 10.7. The van der Waals surface area contributed by atoms with Gasteiger partial charge in [0.25, 0.3) is 0 Å². The number of Topliss-reactive ketones (excluding diaryl/α,β-unsaturated/α-hetero) is 1. The monoisotopic (exact) mass is 655 g/mol. The molecule has 6 rings (SSSR count). The van der Waals surface area contributed by atoms with Gasteiger partial charge in [-0.1, -0.05) is 65.0 Å². The summed E-state index contributed by atoms with van der Waals surface area (Å²) < 4.78 is 6.62. The molecule has 0 aromatic carbocycles. The van der Waals surface area contributed by atoms with E-state index in [9.17, 15) is 14.7 Å². The summed E-state index contributed by atoms with van der Waals surface area (Å²) in [6, 6.07) is 2.35. The number of unbranched alkanes of at least 4 members (excludes halogenated alkanes) is 3. The first-order chi connectivity index (χ1) is 22.5. The number of ether oxygens (including phenoxy) is 1. The van der Waals surface area contributed by atoms with E-state index < -0.39 is 5.97 Å². The molecule has 0 aromatic rings. The van der Waals surface area contributed by atoms with Gasteiger partial charge in [-0.25, -0.2) is 0 Å². The Labute approximate surface area is 284 Å². The normalized spacial score (nSPS) is 45.3. The first-order valence-electron chi connectivity index (χ1n) is 19.6. The second-order valence-electron chi connectivity index (χ2n) is 16.8. The molecule has 266 valence electrons. The van der Waals surface area contributed by atoms with Crippen molar-refractivity contribution in [3.63, 3.8) is 0 Å². The Morgan fingerprint density at radius 1 is 0.872 bits per heavy atom. The SMILES string of the molecule is CCCCCCOC(C)C1C2CC3NC(CC4NC5C(CC(=O)C5C4C)C4NC(CC(N2)C1C)C(C)C4CCC(=O)O)C(CC)=C3C. The fourth-order valence-corrected chi connectivity index (χ4v) is 11.8. The number of ketones is 1. The number of carbonyl (C=O) groups is 2. The van der Waals surface area contributed by atoms with Crippen LogP contribution in [-0.2, 0) is 14.3 Å². The van der Waals surface area contributed by atoms with Crippen molar-refractivity contribution in [1.82, 2.24) is 21.3 Å². The molecule has 1 aliphatic carbocycles. The Hall–Kier alpha value is -1.32. The summed E-state index contributed by atoms with van der Waals surface area (Å²) in [7, 11) is 0. The highest BCUT2D eigenvalue weighted by atomic mass is 16.5. The van der Waals surface area contributed by atoms with Gasteiger partial charge in [-0.3, -0.25) is 9.59 Å². The molecule has 5 heterocycles. The zero-order chi connectivity index (χ0) is 33.6. The van der Waals surface area contributed by atoms with Gasteiger partial charge in [0.15, 0.2) is 0 Å². The summed E-state index contributed by atoms with van der Waals surface area (Å²) in [6.45, 7) is 17.2. The van der Waals surface area contributed by atoms with E-state index in [1.807, 2.05) is 0 Å². The van der Waals surface area contributed by atoms with Crippen LogP contribution in [-0.4, -0.2) is 77.9 Å². The molecule has 0 spiro atoms. The van der Waals surface area contributed by atoms with Crippen LogP contribution < -0.4 is 21.3 Å². The van der Waals surface area contributed by atoms with E-state index in [0.29, 0.717) is 78.5 Å². The minimum Gasteiger partial charge on any atom is -0.481 e. The number of rotatable bonds is 11. The fraction of sp³-hybridized carbons (Fsp3) is 0.897. The van der Waals surface area contributed by atoms with Crippen molar-refractivity contribution in [2.75, 3.05) is 6.61 Å². The average Bonchev–Trinajstić information content (AvgIpc) is 3.78. The van der Waals surface area contributed by atoms with Crippen LogP contribution in [0.3, 0.4) is 0 Å². The zero-order valence-electron chi connectivity index (χ0n) is 30.4. The lowest BCUT2D eigenvalue weighted by atomic mass is 9.76. The van der Waals surface area contributed by atoms with Crippen LogP contribution in [0.15, 0.2) is 11.1 Å². The maximum atomic E-state index is 13.7. The molecule has 5 aliphatic heterocycles. The lowest BCUT2D eigenvalue weighted by Gasteiger charge is -2.32. The number of carboxylic acid groups (broad SMARTS) is 1. The summed E-state index contributed by atoms with van der Waals surface area (Å²) in [4.78, 5) is 25.5. The minimum atomic E-state index is -0.719. The van der Waals surface area contributed by atoms with Crippen molar-refractivity contribution >= 4 is 11.8 Å². The van der Waals surface area contributed by atoms with E-state index in [4.69, 9.17) is 4.74 Å². The van der Waals surface area contributed by atoms with Gasteiger partial charge in [-0.2, -0.15) is 0 Å². The highest BCUT2D eigenvalue weighted by Crippen LogP contribution is 2.49. The van der Waals surface area contributed by atoms with Crippen molar-refractivity contribution in [3.05, 3.63) is 11.1 Å². The van der Waals surface area contributed by atoms with Crippen LogP contribution in [0.4, 0.5) is 0 Å². The molecule has 4 saturated heterocycles. The number of hydrogen-bond acceptors (Lipinski definition) is 7. The van der Waals surface area contributed by atoms with Gasteiger partial charge in [0.2, 0.25) is 0 Å². The molecule has 0 amide bonds. The Balaban J connectivity index is 1.31. The van der Waals surface area contributed by atoms with Gasteiger partial charge in [-0.15, -0.1) is 0 Å². The molecule has 47 heavy (non-hydrogen) atoms. The van der Waals surface area contributed by atoms with E-state index in [1.54, 1.807) is 5.57 Å². The van der Waals surface area contributed by atoms with E-state index in [-0.39, 0.29) is 42.4 Å². The van der Waals surface area contributed by atoms with Crippen molar-refractivity contribution in [2.45, 2.75) is 174 Å². The van der Waals surface area contributed by atoms with Gasteiger partial charge in [0.05, 0.1) is 6.10 Å². The maximum Gasteiger partial charge on any atom is 0.303 e. The summed E-state index contributed by atoms with van der Waals surface area (Å²) in [5.41, 5.74) is 3.10. The summed E-state index contributed by atoms with van der Waals surface area (Å²) >= 11 is 0. The molecule has 0 aromatic heterocycles. The van der Waals surface area contributed by atoms with Crippen molar-refractivity contribution < 1.29 is 19.4 Å². The van der Waals surface area contributed by atoms with Crippen LogP contribution in [0.1, 0.15) is 119 Å². The standard InChI is InChI=1S/C39H66N4O4/c1-8-10-11-12-15-47-24(7)36-22(5)30-17-29-21(4)26(13-14-35(45)46)38(42-29)27-16-34(44)37-23(6)31(43-39(27)37)18-32-25(9-2)20(3)28(40-32)19-33(36)41-30/h21-24,26-33,36-43H,8-19H2,1-7H3,(H,45,46). The molecule has 5 N–H and O–H groups in total. The van der Waals surface area contributed by atoms with E-state index in [0.717, 1.165) is 38.7 Å². The van der Waals surface area contributed by atoms with Crippen LogP contribution >= 0.6 is 0 Å². The van der Waals surface area contributed by atoms with Gasteiger partial charge in [0, 0.05) is 79.6 Å². The van der Waals surface area contributed by atoms with Crippen LogP contribution in [0.5, 0.6) is 0 Å². The van der Waals surface area contributed by atoms with Crippen LogP contribution in [0, 0.1) is 41.4 Å². The van der Waals surface area contributed by atoms with Crippen molar-refractivity contribution in [1.29, 1.82) is 0 Å². The Morgan fingerprint density at radius 2 is 1.57 bits per heavy atom. The third kappa shape index (κ3) is 6.89. The topological polar surface area (TPSA) is 112 Å². The minimum absolute atomic E-state index is 0.0613. The Kier molecular flexibility index (Phi) is 11.2. The van der Waals surface area contributed by atoms with Gasteiger partial charge in [-0.05, 0) is 82.0 Å². The molecule has 16 unspecified atom stereocenters. The number of nitrogens with one attached hydrogen (secondary N) is 4. The van der Waals surface area contributed by atoms with E-state index in [1.165, 1.54) is 24.8 Å². The van der Waals surface area contributed by atoms with Gasteiger partial charge < -0.3 is 31.1 Å². The fourth-order valence-electron chi connectivity index (χ4n) is 11.8. The van der Waals surface area contributed by atoms with E-state index in [2.05, 4.69) is 69.7 Å². The summed E-state index contributed by atoms with van der Waals surface area (Å²) in [5.74, 6) is 1.78. The number of fused-ring (bicyclic) bond motifs is 8. The molecule has 8 heteroatoms. The third-order valence-corrected chi connectivity index (χ3v) is 14.4. The molecule has 8 bridgehead atoms. The van der Waals surface area contributed by atoms with Crippen LogP contribution in [0.2, 0.25) is 0 Å². The number of aliphatic carboxylic acids is 1. The maximum absolute atomic E-state index is 13.7. The molecule has 16 atom stereocenters. The Morgan fingerprint density at radius 3 is 2.30 bits per heavy atom. The smallest absolute Gasteiger partial charge is 0.303 e.